The number of carbonyl (C=O) groups is 1. The van der Waals surface area contributed by atoms with Gasteiger partial charge in [-0.1, -0.05) is 116 Å². The Hall–Kier alpha value is -3.44. The van der Waals surface area contributed by atoms with Crippen LogP contribution in [0.3, 0.4) is 0 Å². The van der Waals surface area contributed by atoms with Gasteiger partial charge in [-0.05, 0) is 36.0 Å². The van der Waals surface area contributed by atoms with E-state index in [-0.39, 0.29) is 24.6 Å². The quantitative estimate of drug-likeness (QED) is 0.247. The Morgan fingerprint density at radius 2 is 1.47 bits per heavy atom. The molecule has 0 aromatic heterocycles. The number of rotatable bonds is 9. The Morgan fingerprint density at radius 1 is 0.972 bits per heavy atom. The van der Waals surface area contributed by atoms with Crippen molar-refractivity contribution >= 4 is 23.3 Å². The molecule has 186 valence electrons. The number of hydrogen-bond donors (Lipinski definition) is 1. The maximum absolute atomic E-state index is 12.9. The molecule has 4 rings (SSSR count). The Kier molecular flexibility index (Phi) is 8.90. The highest BCUT2D eigenvalue weighted by Gasteiger charge is 2.40. The fourth-order valence-electron chi connectivity index (χ4n) is 5.07. The van der Waals surface area contributed by atoms with Gasteiger partial charge in [0, 0.05) is 5.92 Å². The number of thiocarbonyl (C=S) groups is 1. The Balaban J connectivity index is 1.61. The summed E-state index contributed by atoms with van der Waals surface area (Å²) in [6.45, 7) is 6.34. The molecule has 1 amide bonds. The predicted molar refractivity (Wildman–Crippen MR) is 150 cm³/mol. The van der Waals surface area contributed by atoms with Crippen LogP contribution in [0.2, 0.25) is 0 Å². The van der Waals surface area contributed by atoms with E-state index >= 15 is 0 Å². The first-order valence-electron chi connectivity index (χ1n) is 12.6. The summed E-state index contributed by atoms with van der Waals surface area (Å²) in [6.07, 6.45) is 4.19. The highest BCUT2D eigenvalue weighted by atomic mass is 32.1. The largest absolute Gasteiger partial charge is 0.445 e. The van der Waals surface area contributed by atoms with Crippen molar-refractivity contribution in [3.8, 4) is 0 Å². The fraction of sp³-hybridized carbons (Fsp3) is 0.290. The lowest BCUT2D eigenvalue weighted by molar-refractivity contribution is 0.135. The van der Waals surface area contributed by atoms with E-state index in [1.165, 1.54) is 11.1 Å². The second-order valence-corrected chi connectivity index (χ2v) is 9.59. The lowest BCUT2D eigenvalue weighted by atomic mass is 9.94. The SMILES string of the molecule is C=C[C@@H](CC)[C@@H](NC(=O)OCc1ccccc1)C(=S)N1[C@@H](c2ccccc2)CC[C@@H]1c1ccccc1. The summed E-state index contributed by atoms with van der Waals surface area (Å²) >= 11 is 6.20. The molecule has 0 saturated carbocycles. The molecule has 1 saturated heterocycles. The number of amides is 1. The Bertz CT molecular complexity index is 1090. The smallest absolute Gasteiger partial charge is 0.408 e. The fourth-order valence-corrected chi connectivity index (χ4v) is 5.55. The van der Waals surface area contributed by atoms with Crippen molar-refractivity contribution in [3.05, 3.63) is 120 Å². The standard InChI is InChI=1S/C31H34N2O2S/c1-3-24(4-2)29(32-31(34)35-22-23-14-8-5-9-15-23)30(36)33-27(25-16-10-6-11-17-25)20-21-28(33)26-18-12-7-13-19-26/h3,5-19,24,27-29H,1,4,20-22H2,2H3,(H,32,34)/t24-,27+,28+,29+/m0/s1. The first-order chi connectivity index (χ1) is 17.6. The van der Waals surface area contributed by atoms with Gasteiger partial charge in [-0.15, -0.1) is 6.58 Å². The average Bonchev–Trinajstić information content (AvgIpc) is 3.38. The zero-order valence-corrected chi connectivity index (χ0v) is 21.6. The van der Waals surface area contributed by atoms with Crippen LogP contribution in [0, 0.1) is 5.92 Å². The van der Waals surface area contributed by atoms with Crippen molar-refractivity contribution in [2.75, 3.05) is 0 Å². The minimum Gasteiger partial charge on any atom is -0.445 e. The van der Waals surface area contributed by atoms with Gasteiger partial charge in [0.25, 0.3) is 0 Å². The van der Waals surface area contributed by atoms with Crippen LogP contribution in [0.15, 0.2) is 104 Å². The average molecular weight is 499 g/mol. The zero-order valence-electron chi connectivity index (χ0n) is 20.8. The first kappa shape index (κ1) is 25.6. The minimum atomic E-state index is -0.474. The van der Waals surface area contributed by atoms with E-state index in [4.69, 9.17) is 17.0 Å². The van der Waals surface area contributed by atoms with Crippen molar-refractivity contribution in [2.24, 2.45) is 5.92 Å². The maximum Gasteiger partial charge on any atom is 0.408 e. The van der Waals surface area contributed by atoms with Gasteiger partial charge < -0.3 is 15.0 Å². The number of nitrogens with zero attached hydrogens (tertiary/aromatic N) is 1. The first-order valence-corrected chi connectivity index (χ1v) is 13.0. The molecule has 3 aromatic carbocycles. The molecule has 36 heavy (non-hydrogen) atoms. The van der Waals surface area contributed by atoms with Gasteiger partial charge in [-0.3, -0.25) is 0 Å². The summed E-state index contributed by atoms with van der Waals surface area (Å²) < 4.78 is 5.57. The number of hydrogen-bond acceptors (Lipinski definition) is 3. The monoisotopic (exact) mass is 498 g/mol. The molecule has 3 aromatic rings. The van der Waals surface area contributed by atoms with Gasteiger partial charge in [0.2, 0.25) is 0 Å². The summed E-state index contributed by atoms with van der Waals surface area (Å²) in [7, 11) is 0. The van der Waals surface area contributed by atoms with Gasteiger partial charge in [0.05, 0.1) is 18.1 Å². The number of likely N-dealkylation sites (tertiary alicyclic amines) is 1. The molecule has 1 aliphatic heterocycles. The lowest BCUT2D eigenvalue weighted by Gasteiger charge is -2.38. The highest BCUT2D eigenvalue weighted by Crippen LogP contribution is 2.45. The van der Waals surface area contributed by atoms with Crippen LogP contribution < -0.4 is 5.32 Å². The van der Waals surface area contributed by atoms with Gasteiger partial charge >= 0.3 is 6.09 Å². The molecule has 0 radical (unpaired) electrons. The summed E-state index contributed by atoms with van der Waals surface area (Å²) in [6, 6.07) is 30.5. The number of nitrogens with one attached hydrogen (secondary N) is 1. The summed E-state index contributed by atoms with van der Waals surface area (Å²) in [5.41, 5.74) is 3.40. The van der Waals surface area contributed by atoms with Crippen LogP contribution in [0.25, 0.3) is 0 Å². The molecule has 4 nitrogen and oxygen atoms in total. The van der Waals surface area contributed by atoms with Crippen LogP contribution in [0.1, 0.15) is 55.0 Å². The van der Waals surface area contributed by atoms with E-state index in [1.807, 2.05) is 48.5 Å². The second-order valence-electron chi connectivity index (χ2n) is 9.17. The second kappa shape index (κ2) is 12.5. The number of alkyl carbamates (subject to hydrolysis) is 1. The summed E-state index contributed by atoms with van der Waals surface area (Å²) in [5, 5.41) is 3.09. The van der Waals surface area contributed by atoms with Gasteiger partial charge in [0.1, 0.15) is 11.6 Å². The third-order valence-electron chi connectivity index (χ3n) is 6.96. The van der Waals surface area contributed by atoms with E-state index in [0.717, 1.165) is 29.8 Å². The van der Waals surface area contributed by atoms with E-state index in [0.29, 0.717) is 0 Å². The predicted octanol–water partition coefficient (Wildman–Crippen LogP) is 7.40. The van der Waals surface area contributed by atoms with E-state index in [9.17, 15) is 4.79 Å². The van der Waals surface area contributed by atoms with Gasteiger partial charge in [-0.2, -0.15) is 0 Å². The van der Waals surface area contributed by atoms with Crippen molar-refractivity contribution in [1.82, 2.24) is 10.2 Å². The molecule has 0 spiro atoms. The number of ether oxygens (including phenoxy) is 1. The van der Waals surface area contributed by atoms with E-state index in [1.54, 1.807) is 0 Å². The zero-order chi connectivity index (χ0) is 25.3. The molecule has 1 N–H and O–H groups in total. The molecular weight excluding hydrogens is 464 g/mol. The lowest BCUT2D eigenvalue weighted by Crippen LogP contribution is -2.51. The normalized spacial score (nSPS) is 18.8. The molecule has 1 fully saturated rings. The summed E-state index contributed by atoms with van der Waals surface area (Å²) in [4.78, 5) is 16.0. The molecule has 4 atom stereocenters. The minimum absolute atomic E-state index is 0.0183. The molecule has 5 heteroatoms. The van der Waals surface area contributed by atoms with Crippen molar-refractivity contribution < 1.29 is 9.53 Å². The van der Waals surface area contributed by atoms with Crippen molar-refractivity contribution in [2.45, 2.75) is 50.9 Å². The molecular formula is C31H34N2O2S. The summed E-state index contributed by atoms with van der Waals surface area (Å²) in [5.74, 6) is -0.0183. The topological polar surface area (TPSA) is 41.6 Å². The van der Waals surface area contributed by atoms with E-state index in [2.05, 4.69) is 72.3 Å². The van der Waals surface area contributed by atoms with Crippen molar-refractivity contribution in [1.29, 1.82) is 0 Å². The van der Waals surface area contributed by atoms with Crippen LogP contribution in [-0.2, 0) is 11.3 Å². The highest BCUT2D eigenvalue weighted by molar-refractivity contribution is 7.80. The molecule has 0 unspecified atom stereocenters. The van der Waals surface area contributed by atoms with Gasteiger partial charge in [0.15, 0.2) is 0 Å². The molecule has 1 aliphatic rings. The van der Waals surface area contributed by atoms with Crippen LogP contribution in [-0.4, -0.2) is 22.0 Å². The number of carbonyl (C=O) groups excluding carboxylic acids is 1. The van der Waals surface area contributed by atoms with Crippen LogP contribution in [0.4, 0.5) is 4.79 Å². The Labute approximate surface area is 220 Å². The third kappa shape index (κ3) is 6.03. The van der Waals surface area contributed by atoms with E-state index < -0.39 is 12.1 Å². The Morgan fingerprint density at radius 3 is 1.94 bits per heavy atom. The van der Waals surface area contributed by atoms with Crippen LogP contribution in [0.5, 0.6) is 0 Å². The molecule has 0 aliphatic carbocycles. The molecule has 0 bridgehead atoms. The van der Waals surface area contributed by atoms with Crippen molar-refractivity contribution in [3.63, 3.8) is 0 Å². The number of benzene rings is 3. The van der Waals surface area contributed by atoms with Gasteiger partial charge in [-0.25, -0.2) is 4.79 Å². The third-order valence-corrected chi connectivity index (χ3v) is 7.43. The maximum atomic E-state index is 12.9. The van der Waals surface area contributed by atoms with Crippen LogP contribution >= 0.6 is 12.2 Å². The molecule has 1 heterocycles.